The van der Waals surface area contributed by atoms with Crippen molar-refractivity contribution in [2.75, 3.05) is 25.6 Å². The van der Waals surface area contributed by atoms with Gasteiger partial charge >= 0.3 is 5.97 Å². The van der Waals surface area contributed by atoms with Crippen LogP contribution in [0.2, 0.25) is 0 Å². The van der Waals surface area contributed by atoms with Gasteiger partial charge in [0.1, 0.15) is 6.04 Å². The second-order valence-electron chi connectivity index (χ2n) is 18.8. The van der Waals surface area contributed by atoms with Gasteiger partial charge in [-0.1, -0.05) is 86.0 Å². The number of tetrazole rings is 1. The molecule has 2 bridgehead atoms. The molecular formula is C37H62N6O4. The summed E-state index contributed by atoms with van der Waals surface area (Å²) >= 11 is 0. The third kappa shape index (κ3) is 4.88. The van der Waals surface area contributed by atoms with Gasteiger partial charge in [-0.2, -0.15) is 4.80 Å². The lowest BCUT2D eigenvalue weighted by Crippen LogP contribution is -2.70. The Balaban J connectivity index is 1.50. The fraction of sp³-hybridized carbons (Fsp3) is 0.892. The van der Waals surface area contributed by atoms with E-state index in [9.17, 15) is 9.90 Å². The summed E-state index contributed by atoms with van der Waals surface area (Å²) in [5, 5.41) is 24.1. The second-order valence-corrected chi connectivity index (χ2v) is 18.8. The Morgan fingerprint density at radius 2 is 1.83 bits per heavy atom. The Kier molecular flexibility index (Phi) is 8.32. The van der Waals surface area contributed by atoms with Gasteiger partial charge in [-0.15, -0.1) is 5.10 Å². The molecule has 10 nitrogen and oxygen atoms in total. The average Bonchev–Trinajstić information content (AvgIpc) is 3.41. The van der Waals surface area contributed by atoms with Crippen molar-refractivity contribution in [3.05, 3.63) is 11.6 Å². The SMILES string of the molecule is CC(C)[C@@H](C)[C@@]1(C)CC[C@]2(C)[C@H]3CC[C@@H]4[C@@]5(C)COC[C@@]4(C3=CC[C@@]2(C)[C@@H]1C(=O)O)[C@@H](OC[C@@H](N)C(C)(C)C)[C@H](n1nnc(N)n1)C5. The highest BCUT2D eigenvalue weighted by atomic mass is 16.5. The van der Waals surface area contributed by atoms with E-state index in [1.54, 1.807) is 4.80 Å². The molecule has 4 fully saturated rings. The fourth-order valence-electron chi connectivity index (χ4n) is 11.9. The number of hydrogen-bond acceptors (Lipinski definition) is 8. The molecule has 12 atom stereocenters. The molecule has 3 saturated carbocycles. The highest BCUT2D eigenvalue weighted by Gasteiger charge is 2.72. The van der Waals surface area contributed by atoms with E-state index in [2.05, 4.69) is 90.7 Å². The van der Waals surface area contributed by atoms with E-state index >= 15 is 0 Å². The first-order valence-electron chi connectivity index (χ1n) is 18.2. The van der Waals surface area contributed by atoms with Gasteiger partial charge in [0.2, 0.25) is 0 Å². The van der Waals surface area contributed by atoms with Crippen LogP contribution in [0.3, 0.4) is 0 Å². The molecular weight excluding hydrogens is 592 g/mol. The number of carboxylic acid groups (broad SMARTS) is 1. The minimum Gasteiger partial charge on any atom is -0.481 e. The van der Waals surface area contributed by atoms with Crippen LogP contribution < -0.4 is 11.5 Å². The Morgan fingerprint density at radius 3 is 2.43 bits per heavy atom. The van der Waals surface area contributed by atoms with Crippen molar-refractivity contribution in [2.24, 2.45) is 67.8 Å². The van der Waals surface area contributed by atoms with Crippen molar-refractivity contribution in [1.29, 1.82) is 0 Å². The van der Waals surface area contributed by atoms with Gasteiger partial charge in [0.15, 0.2) is 0 Å². The molecule has 0 unspecified atom stereocenters. The van der Waals surface area contributed by atoms with Crippen LogP contribution >= 0.6 is 0 Å². The molecule has 0 spiro atoms. The van der Waals surface area contributed by atoms with Crippen molar-refractivity contribution in [2.45, 2.75) is 126 Å². The molecule has 5 aliphatic rings. The van der Waals surface area contributed by atoms with E-state index in [-0.39, 0.29) is 51.7 Å². The highest BCUT2D eigenvalue weighted by Crippen LogP contribution is 2.75. The van der Waals surface area contributed by atoms with E-state index in [0.717, 1.165) is 38.5 Å². The summed E-state index contributed by atoms with van der Waals surface area (Å²) in [5.41, 5.74) is 12.7. The number of anilines is 1. The first kappa shape index (κ1) is 34.8. The Morgan fingerprint density at radius 1 is 1.13 bits per heavy atom. The van der Waals surface area contributed by atoms with Crippen LogP contribution in [0.15, 0.2) is 11.6 Å². The van der Waals surface area contributed by atoms with Gasteiger partial charge in [-0.05, 0) is 94.5 Å². The Bertz CT molecular complexity index is 1410. The smallest absolute Gasteiger partial charge is 0.307 e. The second kappa shape index (κ2) is 11.2. The van der Waals surface area contributed by atoms with E-state index in [1.165, 1.54) is 5.57 Å². The minimum atomic E-state index is -0.643. The van der Waals surface area contributed by atoms with Crippen molar-refractivity contribution in [1.82, 2.24) is 20.2 Å². The predicted octanol–water partition coefficient (Wildman–Crippen LogP) is 6.14. The molecule has 0 radical (unpaired) electrons. The maximum atomic E-state index is 13.5. The van der Waals surface area contributed by atoms with Crippen LogP contribution in [-0.4, -0.2) is 63.2 Å². The van der Waals surface area contributed by atoms with Crippen LogP contribution in [0.5, 0.6) is 0 Å². The zero-order chi connectivity index (χ0) is 34.5. The molecule has 5 N–H and O–H groups in total. The van der Waals surface area contributed by atoms with Crippen molar-refractivity contribution >= 4 is 11.9 Å². The molecule has 1 aromatic rings. The molecule has 0 amide bonds. The number of aromatic nitrogens is 4. The first-order chi connectivity index (χ1) is 21.8. The number of carboxylic acids is 1. The van der Waals surface area contributed by atoms with Crippen molar-refractivity contribution in [3.63, 3.8) is 0 Å². The topological polar surface area (TPSA) is 151 Å². The maximum absolute atomic E-state index is 13.5. The summed E-state index contributed by atoms with van der Waals surface area (Å²) < 4.78 is 13.8. The van der Waals surface area contributed by atoms with Crippen LogP contribution in [0, 0.1) is 62.1 Å². The number of nitrogens with zero attached hydrogens (tertiary/aromatic N) is 4. The summed E-state index contributed by atoms with van der Waals surface area (Å²) in [7, 11) is 0. The maximum Gasteiger partial charge on any atom is 0.307 e. The third-order valence-electron chi connectivity index (χ3n) is 15.3. The summed E-state index contributed by atoms with van der Waals surface area (Å²) in [6.45, 7) is 24.2. The molecule has 6 rings (SSSR count). The standard InChI is InChI=1S/C37H62N6O4/c1-21(2)22(3)34(8)15-16-35(9)23-11-12-26-33(7)17-25(43-41-31(39)40-42-43)29(47-18-27(38)32(4,5)6)37(26,20-46-19-33)24(23)13-14-36(35,10)28(34)30(44)45/h13,21-23,25-29H,11-12,14-20,38H2,1-10H3,(H2,39,41)(H,44,45)/t22-,23+,25-,26-,27-,28-,29+,33-,34-,35-,36+,37+/m1/s1. The zero-order valence-electron chi connectivity index (χ0n) is 30.7. The van der Waals surface area contributed by atoms with Crippen LogP contribution in [0.4, 0.5) is 5.95 Å². The van der Waals surface area contributed by atoms with E-state index < -0.39 is 22.7 Å². The summed E-state index contributed by atoms with van der Waals surface area (Å²) in [6.07, 6.45) is 7.71. The number of hydrogen-bond donors (Lipinski definition) is 3. The lowest BCUT2D eigenvalue weighted by atomic mass is 9.34. The number of aliphatic carboxylic acids is 1. The molecule has 10 heteroatoms. The lowest BCUT2D eigenvalue weighted by molar-refractivity contribution is -0.254. The average molecular weight is 655 g/mol. The lowest BCUT2D eigenvalue weighted by Gasteiger charge is -2.71. The van der Waals surface area contributed by atoms with E-state index in [4.69, 9.17) is 20.9 Å². The Hall–Kier alpha value is -2.04. The molecule has 1 aromatic heterocycles. The quantitative estimate of drug-likeness (QED) is 0.294. The van der Waals surface area contributed by atoms with Gasteiger partial charge in [0, 0.05) is 11.5 Å². The third-order valence-corrected chi connectivity index (χ3v) is 15.3. The number of nitrogens with two attached hydrogens (primary N) is 2. The Labute approximate surface area is 282 Å². The molecule has 47 heavy (non-hydrogen) atoms. The van der Waals surface area contributed by atoms with Gasteiger partial charge in [0.05, 0.1) is 31.8 Å². The zero-order valence-corrected chi connectivity index (χ0v) is 30.7. The molecule has 264 valence electrons. The van der Waals surface area contributed by atoms with Crippen molar-refractivity contribution in [3.8, 4) is 0 Å². The number of carbonyl (C=O) groups is 1. The number of nitrogen functional groups attached to an aromatic ring is 1. The molecule has 0 aromatic carbocycles. The van der Waals surface area contributed by atoms with Crippen LogP contribution in [-0.2, 0) is 14.3 Å². The summed E-state index contributed by atoms with van der Waals surface area (Å²) in [5.74, 6) is 0.344. The van der Waals surface area contributed by atoms with E-state index in [1.807, 2.05) is 0 Å². The molecule has 1 aliphatic heterocycles. The number of allylic oxidation sites excluding steroid dienone is 1. The monoisotopic (exact) mass is 654 g/mol. The van der Waals surface area contributed by atoms with Gasteiger partial charge in [-0.25, -0.2) is 0 Å². The molecule has 4 aliphatic carbocycles. The van der Waals surface area contributed by atoms with E-state index in [0.29, 0.717) is 37.6 Å². The minimum absolute atomic E-state index is 0.119. The largest absolute Gasteiger partial charge is 0.481 e. The molecule has 2 heterocycles. The summed E-state index contributed by atoms with van der Waals surface area (Å²) in [6, 6.07) is -0.355. The number of fused-ring (bicyclic) bond motifs is 3. The normalized spacial score (nSPS) is 44.5. The van der Waals surface area contributed by atoms with Crippen molar-refractivity contribution < 1.29 is 19.4 Å². The highest BCUT2D eigenvalue weighted by molar-refractivity contribution is 5.73. The number of rotatable bonds is 7. The van der Waals surface area contributed by atoms with Gasteiger partial charge in [-0.3, -0.25) is 4.79 Å². The van der Waals surface area contributed by atoms with Crippen LogP contribution in [0.25, 0.3) is 0 Å². The molecule has 1 saturated heterocycles. The van der Waals surface area contributed by atoms with Crippen LogP contribution in [0.1, 0.15) is 114 Å². The van der Waals surface area contributed by atoms with Gasteiger partial charge < -0.3 is 26.0 Å². The number of ether oxygens (including phenoxy) is 2. The van der Waals surface area contributed by atoms with Gasteiger partial charge in [0.25, 0.3) is 5.95 Å². The fourth-order valence-corrected chi connectivity index (χ4v) is 11.9. The predicted molar refractivity (Wildman–Crippen MR) is 182 cm³/mol. The summed E-state index contributed by atoms with van der Waals surface area (Å²) in [4.78, 5) is 15.2. The first-order valence-corrected chi connectivity index (χ1v) is 18.2.